The molecule has 0 unspecified atom stereocenters. The highest BCUT2D eigenvalue weighted by Crippen LogP contribution is 2.51. The van der Waals surface area contributed by atoms with Gasteiger partial charge < -0.3 is 19.5 Å². The molecule has 6 heteroatoms. The Morgan fingerprint density at radius 3 is 2.71 bits per heavy atom. The second-order valence-electron chi connectivity index (χ2n) is 7.23. The van der Waals surface area contributed by atoms with Crippen molar-refractivity contribution >= 4 is 11.9 Å². The first kappa shape index (κ1) is 15.3. The highest BCUT2D eigenvalue weighted by molar-refractivity contribution is 5.85. The van der Waals surface area contributed by atoms with Gasteiger partial charge >= 0.3 is 5.97 Å². The van der Waals surface area contributed by atoms with Gasteiger partial charge in [0, 0.05) is 19.0 Å². The molecular weight excluding hydrogens is 310 g/mol. The van der Waals surface area contributed by atoms with Gasteiger partial charge in [-0.3, -0.25) is 9.59 Å². The Hall–Kier alpha value is -2.24. The van der Waals surface area contributed by atoms with Gasteiger partial charge in [-0.05, 0) is 43.4 Å². The Morgan fingerprint density at radius 1 is 1.25 bits per heavy atom. The van der Waals surface area contributed by atoms with Gasteiger partial charge in [-0.25, -0.2) is 0 Å². The molecular formula is C18H21NO5. The topological polar surface area (TPSA) is 76.1 Å². The van der Waals surface area contributed by atoms with Gasteiger partial charge in [0.25, 0.3) is 0 Å². The SMILES string of the molecule is C[C@]1(C(=O)O)CCN(C(=O)[C@@H]2C[C@H]2c2ccc3c(c2)OCCO3)C1. The van der Waals surface area contributed by atoms with Gasteiger partial charge in [-0.1, -0.05) is 6.07 Å². The molecule has 2 fully saturated rings. The summed E-state index contributed by atoms with van der Waals surface area (Å²) in [6.45, 7) is 3.67. The third-order valence-corrected chi connectivity index (χ3v) is 5.40. The Bertz CT molecular complexity index is 703. The highest BCUT2D eigenvalue weighted by Gasteiger charge is 2.50. The zero-order chi connectivity index (χ0) is 16.9. The number of likely N-dealkylation sites (tertiary alicyclic amines) is 1. The molecule has 128 valence electrons. The molecule has 0 radical (unpaired) electrons. The summed E-state index contributed by atoms with van der Waals surface area (Å²) < 4.78 is 11.1. The van der Waals surface area contributed by atoms with Crippen molar-refractivity contribution in [2.75, 3.05) is 26.3 Å². The second kappa shape index (κ2) is 5.40. The summed E-state index contributed by atoms with van der Waals surface area (Å²) in [5, 5.41) is 9.31. The molecule has 6 nitrogen and oxygen atoms in total. The van der Waals surface area contributed by atoms with Crippen molar-refractivity contribution in [1.82, 2.24) is 4.90 Å². The summed E-state index contributed by atoms with van der Waals surface area (Å²) >= 11 is 0. The smallest absolute Gasteiger partial charge is 0.311 e. The fourth-order valence-electron chi connectivity index (χ4n) is 3.69. The normalized spacial score (nSPS) is 31.0. The molecule has 0 bridgehead atoms. The van der Waals surface area contributed by atoms with Crippen molar-refractivity contribution in [2.24, 2.45) is 11.3 Å². The molecule has 1 aromatic carbocycles. The summed E-state index contributed by atoms with van der Waals surface area (Å²) in [6, 6.07) is 5.87. The van der Waals surface area contributed by atoms with Crippen LogP contribution in [0, 0.1) is 11.3 Å². The number of carboxylic acid groups (broad SMARTS) is 1. The van der Waals surface area contributed by atoms with Crippen LogP contribution in [0.3, 0.4) is 0 Å². The maximum Gasteiger partial charge on any atom is 0.311 e. The Balaban J connectivity index is 1.43. The molecule has 1 N–H and O–H groups in total. The Labute approximate surface area is 140 Å². The molecule has 2 heterocycles. The largest absolute Gasteiger partial charge is 0.486 e. The van der Waals surface area contributed by atoms with Crippen molar-refractivity contribution in [3.8, 4) is 11.5 Å². The summed E-state index contributed by atoms with van der Waals surface area (Å²) in [5.74, 6) is 0.923. The fraction of sp³-hybridized carbons (Fsp3) is 0.556. The molecule has 1 saturated heterocycles. The maximum absolute atomic E-state index is 12.7. The summed E-state index contributed by atoms with van der Waals surface area (Å²) in [7, 11) is 0. The molecule has 0 aromatic heterocycles. The van der Waals surface area contributed by atoms with E-state index in [1.807, 2.05) is 18.2 Å². The number of carboxylic acids is 1. The minimum Gasteiger partial charge on any atom is -0.486 e. The van der Waals surface area contributed by atoms with E-state index in [0.29, 0.717) is 32.7 Å². The van der Waals surface area contributed by atoms with Crippen molar-refractivity contribution in [3.63, 3.8) is 0 Å². The zero-order valence-corrected chi connectivity index (χ0v) is 13.7. The highest BCUT2D eigenvalue weighted by atomic mass is 16.6. The number of carbonyl (C=O) groups is 2. The quantitative estimate of drug-likeness (QED) is 0.915. The minimum absolute atomic E-state index is 0.0382. The van der Waals surface area contributed by atoms with E-state index in [9.17, 15) is 14.7 Å². The lowest BCUT2D eigenvalue weighted by atomic mass is 9.90. The van der Waals surface area contributed by atoms with E-state index in [-0.39, 0.29) is 17.7 Å². The predicted molar refractivity (Wildman–Crippen MR) is 85.2 cm³/mol. The van der Waals surface area contributed by atoms with Crippen LogP contribution in [-0.2, 0) is 9.59 Å². The first-order valence-electron chi connectivity index (χ1n) is 8.40. The number of hydrogen-bond donors (Lipinski definition) is 1. The van der Waals surface area contributed by atoms with Crippen LogP contribution in [0.5, 0.6) is 11.5 Å². The molecule has 1 saturated carbocycles. The summed E-state index contributed by atoms with van der Waals surface area (Å²) in [5.41, 5.74) is 0.287. The molecule has 1 amide bonds. The van der Waals surface area contributed by atoms with E-state index in [4.69, 9.17) is 9.47 Å². The van der Waals surface area contributed by atoms with E-state index in [1.54, 1.807) is 11.8 Å². The predicted octanol–water partition coefficient (Wildman–Crippen LogP) is 1.88. The van der Waals surface area contributed by atoms with E-state index < -0.39 is 11.4 Å². The second-order valence-corrected chi connectivity index (χ2v) is 7.23. The molecule has 24 heavy (non-hydrogen) atoms. The average molecular weight is 331 g/mol. The molecule has 0 spiro atoms. The van der Waals surface area contributed by atoms with Crippen LogP contribution >= 0.6 is 0 Å². The van der Waals surface area contributed by atoms with Crippen molar-refractivity contribution in [2.45, 2.75) is 25.7 Å². The lowest BCUT2D eigenvalue weighted by Crippen LogP contribution is -2.35. The van der Waals surface area contributed by atoms with Gasteiger partial charge in [0.1, 0.15) is 13.2 Å². The fourth-order valence-corrected chi connectivity index (χ4v) is 3.69. The molecule has 3 aliphatic rings. The Morgan fingerprint density at radius 2 is 2.00 bits per heavy atom. The van der Waals surface area contributed by atoms with Crippen LogP contribution in [0.2, 0.25) is 0 Å². The lowest BCUT2D eigenvalue weighted by Gasteiger charge is -2.20. The first-order chi connectivity index (χ1) is 11.5. The van der Waals surface area contributed by atoms with Gasteiger partial charge in [0.2, 0.25) is 5.91 Å². The number of carbonyl (C=O) groups excluding carboxylic acids is 1. The van der Waals surface area contributed by atoms with Gasteiger partial charge in [0.05, 0.1) is 5.41 Å². The van der Waals surface area contributed by atoms with Crippen molar-refractivity contribution in [1.29, 1.82) is 0 Å². The third-order valence-electron chi connectivity index (χ3n) is 5.40. The Kier molecular flexibility index (Phi) is 3.44. The standard InChI is InChI=1S/C18H21NO5/c1-18(17(21)22)4-5-19(10-18)16(20)13-9-12(13)11-2-3-14-15(8-11)24-7-6-23-14/h2-3,8,12-13H,4-7,9-10H2,1H3,(H,21,22)/t12-,13+,18-/m0/s1. The number of nitrogens with zero attached hydrogens (tertiary/aromatic N) is 1. The van der Waals surface area contributed by atoms with E-state index in [1.165, 1.54) is 0 Å². The van der Waals surface area contributed by atoms with Crippen LogP contribution in [-0.4, -0.2) is 48.2 Å². The number of rotatable bonds is 3. The van der Waals surface area contributed by atoms with Crippen LogP contribution in [0.25, 0.3) is 0 Å². The van der Waals surface area contributed by atoms with E-state index in [0.717, 1.165) is 23.5 Å². The number of ether oxygens (including phenoxy) is 2. The van der Waals surface area contributed by atoms with Gasteiger partial charge in [-0.15, -0.1) is 0 Å². The molecule has 1 aromatic rings. The molecule has 1 aliphatic carbocycles. The number of hydrogen-bond acceptors (Lipinski definition) is 4. The monoisotopic (exact) mass is 331 g/mol. The number of benzene rings is 1. The van der Waals surface area contributed by atoms with Gasteiger partial charge in [0.15, 0.2) is 11.5 Å². The third kappa shape index (κ3) is 2.50. The van der Waals surface area contributed by atoms with Gasteiger partial charge in [-0.2, -0.15) is 0 Å². The van der Waals surface area contributed by atoms with Crippen molar-refractivity contribution < 1.29 is 24.2 Å². The van der Waals surface area contributed by atoms with Crippen LogP contribution < -0.4 is 9.47 Å². The van der Waals surface area contributed by atoms with E-state index >= 15 is 0 Å². The summed E-state index contributed by atoms with van der Waals surface area (Å²) in [4.78, 5) is 25.7. The van der Waals surface area contributed by atoms with Crippen LogP contribution in [0.1, 0.15) is 31.2 Å². The molecule has 2 aliphatic heterocycles. The number of fused-ring (bicyclic) bond motifs is 1. The number of amides is 1. The van der Waals surface area contributed by atoms with Crippen LogP contribution in [0.4, 0.5) is 0 Å². The molecule has 4 rings (SSSR count). The molecule has 3 atom stereocenters. The first-order valence-corrected chi connectivity index (χ1v) is 8.40. The number of aliphatic carboxylic acids is 1. The van der Waals surface area contributed by atoms with E-state index in [2.05, 4.69) is 0 Å². The maximum atomic E-state index is 12.7. The van der Waals surface area contributed by atoms with Crippen molar-refractivity contribution in [3.05, 3.63) is 23.8 Å². The zero-order valence-electron chi connectivity index (χ0n) is 13.7. The lowest BCUT2D eigenvalue weighted by molar-refractivity contribution is -0.147. The minimum atomic E-state index is -0.822. The average Bonchev–Trinajstić information content (AvgIpc) is 3.28. The van der Waals surface area contributed by atoms with Crippen LogP contribution in [0.15, 0.2) is 18.2 Å². The summed E-state index contributed by atoms with van der Waals surface area (Å²) in [6.07, 6.45) is 1.34.